The highest BCUT2D eigenvalue weighted by atomic mass is 16.7. The van der Waals surface area contributed by atoms with Crippen LogP contribution in [-0.2, 0) is 25.6 Å². The third kappa shape index (κ3) is 12.9. The monoisotopic (exact) mass is 559 g/mol. The number of rotatable bonds is 19. The molecule has 1 aliphatic rings. The summed E-state index contributed by atoms with van der Waals surface area (Å²) in [6.07, 6.45) is 11.3. The summed E-state index contributed by atoms with van der Waals surface area (Å²) in [5.74, 6) is -0.680. The van der Waals surface area contributed by atoms with E-state index >= 15 is 0 Å². The topological polar surface area (TPSA) is 136 Å². The molecule has 6 atom stereocenters. The number of carbonyl (C=O) groups excluding carboxylic acids is 2. The van der Waals surface area contributed by atoms with Crippen molar-refractivity contribution in [2.75, 3.05) is 6.54 Å². The van der Waals surface area contributed by atoms with Gasteiger partial charge in [-0.25, -0.2) is 4.84 Å². The van der Waals surface area contributed by atoms with Crippen LogP contribution >= 0.6 is 0 Å². The van der Waals surface area contributed by atoms with Gasteiger partial charge in [-0.15, -0.1) is 0 Å². The van der Waals surface area contributed by atoms with Gasteiger partial charge >= 0.3 is 5.97 Å². The molecule has 0 spiro atoms. The van der Waals surface area contributed by atoms with Crippen LogP contribution < -0.4 is 10.7 Å². The highest BCUT2D eigenvalue weighted by molar-refractivity contribution is 5.75. The van der Waals surface area contributed by atoms with Crippen molar-refractivity contribution in [2.45, 2.75) is 102 Å². The van der Waals surface area contributed by atoms with Crippen molar-refractivity contribution >= 4 is 11.9 Å². The summed E-state index contributed by atoms with van der Waals surface area (Å²) in [4.78, 5) is 39.3. The second kappa shape index (κ2) is 19.1. The minimum atomic E-state index is -0.677. The average molecular weight is 560 g/mol. The van der Waals surface area contributed by atoms with Crippen molar-refractivity contribution in [2.24, 2.45) is 11.8 Å². The summed E-state index contributed by atoms with van der Waals surface area (Å²) in [6.45, 7) is 4.28. The number of ether oxygens (including phenoxy) is 1. The van der Waals surface area contributed by atoms with E-state index in [0.717, 1.165) is 24.8 Å². The highest BCUT2D eigenvalue weighted by Crippen LogP contribution is 2.36. The number of esters is 1. The van der Waals surface area contributed by atoms with Crippen LogP contribution in [-0.4, -0.2) is 53.1 Å². The van der Waals surface area contributed by atoms with Crippen molar-refractivity contribution in [1.82, 2.24) is 5.32 Å². The molecule has 1 amide bonds. The predicted octanol–water partition coefficient (Wildman–Crippen LogP) is 3.04. The maximum absolute atomic E-state index is 12.6. The van der Waals surface area contributed by atoms with Crippen LogP contribution in [0.1, 0.15) is 77.2 Å². The quantitative estimate of drug-likeness (QED) is 0.0885. The highest BCUT2D eigenvalue weighted by Gasteiger charge is 2.39. The molecule has 1 aromatic carbocycles. The summed E-state index contributed by atoms with van der Waals surface area (Å²) in [7, 11) is 0. The second-order valence-electron chi connectivity index (χ2n) is 10.5. The van der Waals surface area contributed by atoms with Gasteiger partial charge in [0.25, 0.3) is 0 Å². The number of nitrogens with one attached hydrogen (secondary N) is 2. The van der Waals surface area contributed by atoms with Gasteiger partial charge in [0, 0.05) is 31.7 Å². The molecule has 1 aromatic rings. The smallest absolute Gasteiger partial charge is 0.306 e. The van der Waals surface area contributed by atoms with E-state index < -0.39 is 18.3 Å². The van der Waals surface area contributed by atoms with Crippen LogP contribution in [0, 0.1) is 16.7 Å². The molecule has 0 saturated heterocycles. The maximum Gasteiger partial charge on any atom is 0.306 e. The van der Waals surface area contributed by atoms with Gasteiger partial charge in [0.05, 0.1) is 17.1 Å². The molecule has 4 N–H and O–H groups in total. The molecule has 1 saturated carbocycles. The zero-order valence-electron chi connectivity index (χ0n) is 23.9. The van der Waals surface area contributed by atoms with Crippen molar-refractivity contribution in [1.29, 1.82) is 0 Å². The Labute approximate surface area is 238 Å². The van der Waals surface area contributed by atoms with Crippen molar-refractivity contribution in [3.8, 4) is 0 Å². The molecule has 0 radical (unpaired) electrons. The predicted molar refractivity (Wildman–Crippen MR) is 152 cm³/mol. The Hall–Kier alpha value is -3.04. The summed E-state index contributed by atoms with van der Waals surface area (Å²) >= 11 is 0. The molecule has 0 unspecified atom stereocenters. The molecule has 222 valence electrons. The van der Waals surface area contributed by atoms with Gasteiger partial charge in [-0.2, -0.15) is 0 Å². The minimum Gasteiger partial charge on any atom is -0.458 e. The molecule has 0 aromatic heterocycles. The van der Waals surface area contributed by atoms with E-state index in [1.165, 1.54) is 5.34 Å². The van der Waals surface area contributed by atoms with Gasteiger partial charge in [-0.05, 0) is 76.4 Å². The molecule has 1 aliphatic carbocycles. The van der Waals surface area contributed by atoms with Crippen LogP contribution in [0.25, 0.3) is 0 Å². The number of unbranched alkanes of at least 4 members (excludes halogenated alkanes) is 1. The zero-order chi connectivity index (χ0) is 29.2. The second-order valence-corrected chi connectivity index (χ2v) is 10.5. The minimum absolute atomic E-state index is 0.0538. The van der Waals surface area contributed by atoms with E-state index in [1.807, 2.05) is 61.6 Å². The number of hydrogen-bond acceptors (Lipinski definition) is 7. The van der Waals surface area contributed by atoms with Gasteiger partial charge < -0.3 is 20.3 Å². The number of allylic oxidation sites excluding steroid dienone is 2. The molecular formula is C31H47N2O7+. The molecule has 0 heterocycles. The molecular weight excluding hydrogens is 512 g/mol. The maximum atomic E-state index is 12.6. The fraction of sp³-hybridized carbons (Fsp3) is 0.613. The summed E-state index contributed by atoms with van der Waals surface area (Å²) in [6, 6.07) is 9.97. The molecule has 9 nitrogen and oxygen atoms in total. The standard InChI is InChI=1S/C31H46N2O7/c1-3-32-30(36)16-10-5-4-9-15-26-27(29(35)22-28(26)34)21-20-25(19-18-24-13-7-6-8-14-24)39-31(37)17-11-12-23(2)40-33-38/h4,6-9,13-14,20-21,23,25-29,33-35H,3,5,10-12,15-19,22H2,1-2H3/p+1/b9-4-,21-20+/t23-,25-,26+,27+,28-,29+/m0/s1. The van der Waals surface area contributed by atoms with Crippen LogP contribution in [0.15, 0.2) is 54.6 Å². The van der Waals surface area contributed by atoms with Crippen molar-refractivity contribution in [3.63, 3.8) is 0 Å². The average Bonchev–Trinajstić information content (AvgIpc) is 3.20. The van der Waals surface area contributed by atoms with Gasteiger partial charge in [0.15, 0.2) is 6.10 Å². The third-order valence-electron chi connectivity index (χ3n) is 7.27. The van der Waals surface area contributed by atoms with E-state index in [4.69, 9.17) is 9.57 Å². The van der Waals surface area contributed by atoms with Crippen molar-refractivity contribution < 1.29 is 34.7 Å². The molecule has 40 heavy (non-hydrogen) atoms. The third-order valence-corrected chi connectivity index (χ3v) is 7.27. The Morgan fingerprint density at radius 3 is 2.60 bits per heavy atom. The molecule has 0 aliphatic heterocycles. The zero-order valence-corrected chi connectivity index (χ0v) is 23.9. The normalized spacial score (nSPS) is 22.3. The number of hydrogen-bond donors (Lipinski definition) is 4. The van der Waals surface area contributed by atoms with Gasteiger partial charge in [-0.3, -0.25) is 9.59 Å². The van der Waals surface area contributed by atoms with E-state index in [1.54, 1.807) is 6.92 Å². The largest absolute Gasteiger partial charge is 0.458 e. The fourth-order valence-electron chi connectivity index (χ4n) is 5.05. The van der Waals surface area contributed by atoms with Gasteiger partial charge in [-0.1, -0.05) is 48.6 Å². The molecule has 2 rings (SSSR count). The summed E-state index contributed by atoms with van der Waals surface area (Å²) < 4.78 is 5.80. The van der Waals surface area contributed by atoms with Gasteiger partial charge in [0.2, 0.25) is 11.2 Å². The number of benzene rings is 1. The van der Waals surface area contributed by atoms with E-state index in [9.17, 15) is 24.7 Å². The van der Waals surface area contributed by atoms with Crippen LogP contribution in [0.5, 0.6) is 0 Å². The van der Waals surface area contributed by atoms with Crippen LogP contribution in [0.2, 0.25) is 0 Å². The van der Waals surface area contributed by atoms with E-state index in [-0.39, 0.29) is 36.2 Å². The van der Waals surface area contributed by atoms with E-state index in [0.29, 0.717) is 45.1 Å². The molecule has 0 bridgehead atoms. The van der Waals surface area contributed by atoms with Gasteiger partial charge in [0.1, 0.15) is 6.10 Å². The Bertz CT molecular complexity index is 937. The number of amides is 1. The number of aryl methyl sites for hydroxylation is 1. The first-order valence-electron chi connectivity index (χ1n) is 14.6. The SMILES string of the molecule is CCNC(=O)CCC/C=C\C[C@@H]1[C@@H](/C=C/[C@H](CCc2ccccc2)OC(=O)CCC[C@H](C)O[NH+]=O)[C@H](O)C[C@@H]1O. The lowest BCUT2D eigenvalue weighted by atomic mass is 9.89. The van der Waals surface area contributed by atoms with Crippen LogP contribution in [0.4, 0.5) is 0 Å². The number of aliphatic hydroxyl groups is 2. The Balaban J connectivity index is 1.97. The summed E-state index contributed by atoms with van der Waals surface area (Å²) in [5.41, 5.74) is 1.14. The first-order valence-corrected chi connectivity index (χ1v) is 14.6. The molecule has 9 heteroatoms. The lowest BCUT2D eigenvalue weighted by molar-refractivity contribution is -0.780. The first-order chi connectivity index (χ1) is 19.3. The summed E-state index contributed by atoms with van der Waals surface area (Å²) in [5, 5.41) is 25.5. The van der Waals surface area contributed by atoms with E-state index in [2.05, 4.69) is 5.32 Å². The Kier molecular flexibility index (Phi) is 15.8. The Morgan fingerprint density at radius 2 is 1.88 bits per heavy atom. The fourth-order valence-corrected chi connectivity index (χ4v) is 5.05. The number of aliphatic hydroxyl groups excluding tert-OH is 2. The Morgan fingerprint density at radius 1 is 1.10 bits per heavy atom. The number of carbonyl (C=O) groups is 2. The van der Waals surface area contributed by atoms with Crippen LogP contribution in [0.3, 0.4) is 0 Å². The lowest BCUT2D eigenvalue weighted by Gasteiger charge is -2.21. The first kappa shape index (κ1) is 33.2. The molecule has 1 fully saturated rings. The van der Waals surface area contributed by atoms with Crippen molar-refractivity contribution in [3.05, 3.63) is 65.1 Å². The lowest BCUT2D eigenvalue weighted by Crippen LogP contribution is -2.64.